The van der Waals surface area contributed by atoms with E-state index in [0.717, 1.165) is 0 Å². The fourth-order valence-corrected chi connectivity index (χ4v) is 4.31. The number of ether oxygens (including phenoxy) is 3. The van der Waals surface area contributed by atoms with Crippen LogP contribution < -0.4 is 5.32 Å². The molecule has 0 aliphatic carbocycles. The second-order valence-electron chi connectivity index (χ2n) is 14.0. The van der Waals surface area contributed by atoms with Crippen LogP contribution in [-0.4, -0.2) is 156 Å². The predicted molar refractivity (Wildman–Crippen MR) is 164 cm³/mol. The average Bonchev–Trinajstić information content (AvgIpc) is 2.80. The molecule has 1 heterocycles. The summed E-state index contributed by atoms with van der Waals surface area (Å²) in [5, 5.41) is 11.3. The highest BCUT2D eigenvalue weighted by molar-refractivity contribution is 5.82. The van der Waals surface area contributed by atoms with Gasteiger partial charge in [-0.3, -0.25) is 43.6 Å². The zero-order valence-electron chi connectivity index (χ0n) is 28.2. The van der Waals surface area contributed by atoms with Gasteiger partial charge in [0.05, 0.1) is 26.2 Å². The van der Waals surface area contributed by atoms with Crippen molar-refractivity contribution in [3.05, 3.63) is 0 Å². The van der Waals surface area contributed by atoms with E-state index < -0.39 is 47.2 Å². The number of carboxylic acid groups (broad SMARTS) is 1. The van der Waals surface area contributed by atoms with Crippen LogP contribution in [0, 0.1) is 0 Å². The number of hydrogen-bond acceptors (Lipinski definition) is 12. The fourth-order valence-electron chi connectivity index (χ4n) is 4.31. The highest BCUT2D eigenvalue weighted by atomic mass is 16.6. The van der Waals surface area contributed by atoms with E-state index >= 15 is 0 Å². The summed E-state index contributed by atoms with van der Waals surface area (Å²) in [5.41, 5.74) is -1.95. The van der Waals surface area contributed by atoms with E-state index in [-0.39, 0.29) is 32.1 Å². The van der Waals surface area contributed by atoms with Crippen molar-refractivity contribution in [1.29, 1.82) is 0 Å². The Kier molecular flexibility index (Phi) is 15.7. The molecule has 1 saturated heterocycles. The Hall–Kier alpha value is -2.81. The molecule has 0 aromatic heterocycles. The van der Waals surface area contributed by atoms with Gasteiger partial charge in [0.1, 0.15) is 23.3 Å². The lowest BCUT2D eigenvalue weighted by atomic mass is 10.2. The zero-order valence-corrected chi connectivity index (χ0v) is 28.2. The standard InChI is InChI=1S/C30H55N5O9/c1-28(2,3)42-25(39)20-33-12-10-32(19-23(36)31-18-24(37)38)11-13-34(21-26(40)43-29(4,5)6)15-17-35(16-14-33)22-27(41)44-30(7,8)9/h10-22H2,1-9H3,(H,31,36)(H,37,38). The lowest BCUT2D eigenvalue weighted by Crippen LogP contribution is -2.50. The van der Waals surface area contributed by atoms with E-state index in [0.29, 0.717) is 52.4 Å². The molecule has 44 heavy (non-hydrogen) atoms. The average molecular weight is 630 g/mol. The number of carbonyl (C=O) groups excluding carboxylic acids is 4. The monoisotopic (exact) mass is 629 g/mol. The molecule has 0 aromatic carbocycles. The maximum absolute atomic E-state index is 12.8. The quantitative estimate of drug-likeness (QED) is 0.253. The topological polar surface area (TPSA) is 158 Å². The van der Waals surface area contributed by atoms with E-state index in [2.05, 4.69) is 5.32 Å². The number of hydrogen-bond donors (Lipinski definition) is 2. The minimum absolute atomic E-state index is 0.0152. The summed E-state index contributed by atoms with van der Waals surface area (Å²) in [6, 6.07) is 0. The molecule has 1 aliphatic heterocycles. The molecule has 1 rings (SSSR count). The van der Waals surface area contributed by atoms with Crippen molar-refractivity contribution in [2.75, 3.05) is 85.1 Å². The summed E-state index contributed by atoms with van der Waals surface area (Å²) in [5.74, 6) is -2.74. The summed E-state index contributed by atoms with van der Waals surface area (Å²) in [7, 11) is 0. The number of esters is 3. The maximum atomic E-state index is 12.8. The minimum atomic E-state index is -1.14. The molecule has 0 spiro atoms. The van der Waals surface area contributed by atoms with Crippen LogP contribution in [0.25, 0.3) is 0 Å². The molecular formula is C30H55N5O9. The highest BCUT2D eigenvalue weighted by Crippen LogP contribution is 2.11. The van der Waals surface area contributed by atoms with Crippen molar-refractivity contribution in [2.45, 2.75) is 79.1 Å². The van der Waals surface area contributed by atoms with Crippen LogP contribution in [0.1, 0.15) is 62.3 Å². The largest absolute Gasteiger partial charge is 0.480 e. The Morgan fingerprint density at radius 1 is 0.523 bits per heavy atom. The molecule has 0 radical (unpaired) electrons. The van der Waals surface area contributed by atoms with E-state index in [1.54, 1.807) is 62.3 Å². The summed E-state index contributed by atoms with van der Waals surface area (Å²) in [4.78, 5) is 69.3. The van der Waals surface area contributed by atoms with Crippen LogP contribution in [0.15, 0.2) is 0 Å². The van der Waals surface area contributed by atoms with Gasteiger partial charge in [-0.2, -0.15) is 0 Å². The van der Waals surface area contributed by atoms with Crippen molar-refractivity contribution in [2.24, 2.45) is 0 Å². The van der Waals surface area contributed by atoms with Gasteiger partial charge >= 0.3 is 23.9 Å². The van der Waals surface area contributed by atoms with Gasteiger partial charge in [-0.05, 0) is 62.3 Å². The second kappa shape index (κ2) is 17.6. The summed E-state index contributed by atoms with van der Waals surface area (Å²) >= 11 is 0. The van der Waals surface area contributed by atoms with Crippen LogP contribution >= 0.6 is 0 Å². The molecule has 254 valence electrons. The molecule has 0 bridgehead atoms. The van der Waals surface area contributed by atoms with Gasteiger partial charge < -0.3 is 24.6 Å². The predicted octanol–water partition coefficient (Wildman–Crippen LogP) is 0.434. The van der Waals surface area contributed by atoms with Gasteiger partial charge in [-0.1, -0.05) is 0 Å². The smallest absolute Gasteiger partial charge is 0.322 e. The molecule has 14 nitrogen and oxygen atoms in total. The SMILES string of the molecule is CC(C)(C)OC(=O)CN1CCN(CC(=O)NCC(=O)O)CCN(CC(=O)OC(C)(C)C)CCN(CC(=O)OC(C)(C)C)CC1. The molecule has 1 fully saturated rings. The van der Waals surface area contributed by atoms with Crippen molar-refractivity contribution in [3.63, 3.8) is 0 Å². The molecular weight excluding hydrogens is 574 g/mol. The number of nitrogens with one attached hydrogen (secondary N) is 1. The Bertz CT molecular complexity index is 923. The first-order valence-corrected chi connectivity index (χ1v) is 15.1. The summed E-state index contributed by atoms with van der Waals surface area (Å²) < 4.78 is 16.6. The van der Waals surface area contributed by atoms with E-state index in [1.807, 2.05) is 19.6 Å². The minimum Gasteiger partial charge on any atom is -0.480 e. The second-order valence-corrected chi connectivity index (χ2v) is 14.0. The molecule has 0 unspecified atom stereocenters. The van der Waals surface area contributed by atoms with E-state index in [1.165, 1.54) is 0 Å². The maximum Gasteiger partial charge on any atom is 0.322 e. The lowest BCUT2D eigenvalue weighted by molar-refractivity contribution is -0.158. The van der Waals surface area contributed by atoms with Crippen LogP contribution in [0.2, 0.25) is 0 Å². The van der Waals surface area contributed by atoms with E-state index in [9.17, 15) is 24.0 Å². The number of aliphatic carboxylic acids is 1. The van der Waals surface area contributed by atoms with Crippen LogP contribution in [0.3, 0.4) is 0 Å². The van der Waals surface area contributed by atoms with Gasteiger partial charge in [0.25, 0.3) is 0 Å². The first-order valence-electron chi connectivity index (χ1n) is 15.1. The summed E-state index contributed by atoms with van der Waals surface area (Å²) in [6.45, 7) is 19.0. The van der Waals surface area contributed by atoms with Crippen LogP contribution in [0.4, 0.5) is 0 Å². The molecule has 1 amide bonds. The first-order chi connectivity index (χ1) is 20.1. The number of carbonyl (C=O) groups is 5. The summed E-state index contributed by atoms with van der Waals surface area (Å²) in [6.07, 6.45) is 0. The molecule has 0 saturated carbocycles. The van der Waals surface area contributed by atoms with Crippen molar-refractivity contribution < 1.29 is 43.3 Å². The van der Waals surface area contributed by atoms with Crippen LogP contribution in [-0.2, 0) is 38.2 Å². The third-order valence-corrected chi connectivity index (χ3v) is 6.05. The first kappa shape index (κ1) is 39.2. The van der Waals surface area contributed by atoms with Gasteiger partial charge in [-0.25, -0.2) is 0 Å². The van der Waals surface area contributed by atoms with Crippen molar-refractivity contribution in [1.82, 2.24) is 24.9 Å². The molecule has 1 aliphatic rings. The van der Waals surface area contributed by atoms with Gasteiger partial charge in [-0.15, -0.1) is 0 Å². The van der Waals surface area contributed by atoms with E-state index in [4.69, 9.17) is 19.3 Å². The third kappa shape index (κ3) is 20.2. The van der Waals surface area contributed by atoms with Crippen molar-refractivity contribution in [3.8, 4) is 0 Å². The van der Waals surface area contributed by atoms with Crippen molar-refractivity contribution >= 4 is 29.8 Å². The van der Waals surface area contributed by atoms with Gasteiger partial charge in [0.15, 0.2) is 0 Å². The fraction of sp³-hybridized carbons (Fsp3) is 0.833. The molecule has 14 heteroatoms. The molecule has 0 atom stereocenters. The number of amides is 1. The molecule has 2 N–H and O–H groups in total. The number of carboxylic acids is 1. The number of rotatable bonds is 10. The Balaban J connectivity index is 3.21. The van der Waals surface area contributed by atoms with Gasteiger partial charge in [0, 0.05) is 52.4 Å². The Morgan fingerprint density at radius 3 is 1.00 bits per heavy atom. The Morgan fingerprint density at radius 2 is 0.773 bits per heavy atom. The number of nitrogens with zero attached hydrogens (tertiary/aromatic N) is 4. The van der Waals surface area contributed by atoms with Crippen LogP contribution in [0.5, 0.6) is 0 Å². The lowest BCUT2D eigenvalue weighted by Gasteiger charge is -2.34. The molecule has 0 aromatic rings. The third-order valence-electron chi connectivity index (χ3n) is 6.05. The van der Waals surface area contributed by atoms with Gasteiger partial charge in [0.2, 0.25) is 5.91 Å². The highest BCUT2D eigenvalue weighted by Gasteiger charge is 2.26. The zero-order chi connectivity index (χ0) is 33.7. The Labute approximate surface area is 262 Å². The normalized spacial score (nSPS) is 17.6.